The van der Waals surface area contributed by atoms with Crippen LogP contribution in [0, 0.1) is 0 Å². The maximum absolute atomic E-state index is 4.96. The van der Waals surface area contributed by atoms with Crippen molar-refractivity contribution in [3.8, 4) is 39.9 Å². The van der Waals surface area contributed by atoms with Crippen LogP contribution in [0.4, 0.5) is 0 Å². The molecule has 0 atom stereocenters. The van der Waals surface area contributed by atoms with Gasteiger partial charge in [0.1, 0.15) is 0 Å². The van der Waals surface area contributed by atoms with Crippen LogP contribution >= 0.6 is 11.3 Å². The first-order chi connectivity index (χ1) is 25.8. The molecule has 3 heterocycles. The molecule has 11 rings (SSSR count). The highest BCUT2D eigenvalue weighted by molar-refractivity contribution is 7.26. The second-order valence-electron chi connectivity index (χ2n) is 13.2. The van der Waals surface area contributed by atoms with Crippen molar-refractivity contribution >= 4 is 74.9 Å². The van der Waals surface area contributed by atoms with Crippen molar-refractivity contribution in [2.24, 2.45) is 0 Å². The van der Waals surface area contributed by atoms with Gasteiger partial charge in [-0.15, -0.1) is 11.3 Å². The highest BCUT2D eigenvalue weighted by atomic mass is 32.1. The predicted molar refractivity (Wildman–Crippen MR) is 218 cm³/mol. The van der Waals surface area contributed by atoms with E-state index in [9.17, 15) is 0 Å². The van der Waals surface area contributed by atoms with Crippen LogP contribution in [0.15, 0.2) is 170 Å². The number of benzene rings is 8. The van der Waals surface area contributed by atoms with Crippen molar-refractivity contribution in [2.75, 3.05) is 0 Å². The van der Waals surface area contributed by atoms with Crippen LogP contribution in [0.1, 0.15) is 0 Å². The molecule has 52 heavy (non-hydrogen) atoms. The van der Waals surface area contributed by atoms with Crippen molar-refractivity contribution in [2.45, 2.75) is 0 Å². The molecule has 0 saturated heterocycles. The van der Waals surface area contributed by atoms with Crippen LogP contribution in [0.2, 0.25) is 0 Å². The summed E-state index contributed by atoms with van der Waals surface area (Å²) in [6.07, 6.45) is 0. The molecule has 0 N–H and O–H groups in total. The zero-order chi connectivity index (χ0) is 34.2. The van der Waals surface area contributed by atoms with Gasteiger partial charge >= 0.3 is 0 Å². The standard InChI is InChI=1S/C47H28N4S/c1-3-11-30(12-4-1)45-48-46(31-13-5-2-6-14-31)50-47(49-45)32-19-23-33(24-20-32)51-39-17-9-7-16-38(39)43-36-25-21-29-22-26-37-34-15-8-10-18-41(34)52-44(37)42(29)35(36)27-28-40(43)51/h1-28H. The third-order valence-electron chi connectivity index (χ3n) is 10.2. The maximum atomic E-state index is 4.96. The molecular weight excluding hydrogens is 653 g/mol. The first kappa shape index (κ1) is 29.1. The molecule has 0 unspecified atom stereocenters. The van der Waals surface area contributed by atoms with Gasteiger partial charge in [-0.3, -0.25) is 0 Å². The van der Waals surface area contributed by atoms with E-state index in [1.165, 1.54) is 63.5 Å². The summed E-state index contributed by atoms with van der Waals surface area (Å²) in [6.45, 7) is 0. The SMILES string of the molecule is c1ccc(-c2nc(-c3ccccc3)nc(-c3ccc(-n4c5ccccc5c5c6ccc7ccc8c9ccccc9sc8c7c6ccc54)cc3)n2)cc1. The Bertz CT molecular complexity index is 3100. The van der Waals surface area contributed by atoms with Crippen LogP contribution in [-0.2, 0) is 0 Å². The average Bonchev–Trinajstić information content (AvgIpc) is 3.77. The van der Waals surface area contributed by atoms with E-state index >= 15 is 0 Å². The molecule has 0 aliphatic heterocycles. The van der Waals surface area contributed by atoms with Gasteiger partial charge < -0.3 is 4.57 Å². The predicted octanol–water partition coefficient (Wildman–Crippen LogP) is 12.6. The van der Waals surface area contributed by atoms with Gasteiger partial charge in [-0.25, -0.2) is 15.0 Å². The molecule has 4 nitrogen and oxygen atoms in total. The number of nitrogens with zero attached hydrogens (tertiary/aromatic N) is 4. The van der Waals surface area contributed by atoms with E-state index in [0.717, 1.165) is 22.4 Å². The molecule has 8 aromatic carbocycles. The first-order valence-corrected chi connectivity index (χ1v) is 18.3. The van der Waals surface area contributed by atoms with Gasteiger partial charge in [0.15, 0.2) is 17.5 Å². The molecule has 0 amide bonds. The van der Waals surface area contributed by atoms with E-state index in [1.54, 1.807) is 0 Å². The largest absolute Gasteiger partial charge is 0.309 e. The monoisotopic (exact) mass is 680 g/mol. The maximum Gasteiger partial charge on any atom is 0.164 e. The van der Waals surface area contributed by atoms with Gasteiger partial charge in [-0.1, -0.05) is 127 Å². The molecule has 0 saturated carbocycles. The third kappa shape index (κ3) is 4.43. The van der Waals surface area contributed by atoms with E-state index in [-0.39, 0.29) is 0 Å². The number of hydrogen-bond donors (Lipinski definition) is 0. The minimum absolute atomic E-state index is 0.645. The van der Waals surface area contributed by atoms with Gasteiger partial charge in [0.05, 0.1) is 11.0 Å². The lowest BCUT2D eigenvalue weighted by atomic mass is 9.97. The van der Waals surface area contributed by atoms with Crippen molar-refractivity contribution in [1.29, 1.82) is 0 Å². The number of hydrogen-bond acceptors (Lipinski definition) is 4. The molecule has 11 aromatic rings. The average molecular weight is 681 g/mol. The van der Waals surface area contributed by atoms with Crippen LogP contribution in [0.3, 0.4) is 0 Å². The summed E-state index contributed by atoms with van der Waals surface area (Å²) in [5.74, 6) is 1.96. The van der Waals surface area contributed by atoms with Crippen LogP contribution in [0.25, 0.3) is 103 Å². The van der Waals surface area contributed by atoms with E-state index in [1.807, 2.05) is 72.0 Å². The molecule has 3 aromatic heterocycles. The normalized spacial score (nSPS) is 11.8. The summed E-state index contributed by atoms with van der Waals surface area (Å²) in [4.78, 5) is 14.8. The Hall–Kier alpha value is -6.69. The minimum atomic E-state index is 0.645. The number of fused-ring (bicyclic) bond motifs is 11. The zero-order valence-corrected chi connectivity index (χ0v) is 28.7. The van der Waals surface area contributed by atoms with Crippen molar-refractivity contribution < 1.29 is 0 Å². The number of para-hydroxylation sites is 1. The van der Waals surface area contributed by atoms with Crippen LogP contribution in [0.5, 0.6) is 0 Å². The Labute approximate surface area is 302 Å². The van der Waals surface area contributed by atoms with Gasteiger partial charge in [0, 0.05) is 58.7 Å². The lowest BCUT2D eigenvalue weighted by molar-refractivity contribution is 1.07. The Balaban J connectivity index is 1.09. The highest BCUT2D eigenvalue weighted by Gasteiger charge is 2.18. The number of aromatic nitrogens is 4. The quantitative estimate of drug-likeness (QED) is 0.174. The summed E-state index contributed by atoms with van der Waals surface area (Å²) >= 11 is 1.90. The Kier molecular flexibility index (Phi) is 6.39. The van der Waals surface area contributed by atoms with E-state index < -0.39 is 0 Å². The summed E-state index contributed by atoms with van der Waals surface area (Å²) in [5, 5.41) is 10.3. The van der Waals surface area contributed by atoms with Crippen LogP contribution < -0.4 is 0 Å². The Morgan fingerprint density at radius 2 is 0.904 bits per heavy atom. The van der Waals surface area contributed by atoms with Gasteiger partial charge in [-0.05, 0) is 58.6 Å². The molecule has 0 bridgehead atoms. The fourth-order valence-corrected chi connectivity index (χ4v) is 9.12. The smallest absolute Gasteiger partial charge is 0.164 e. The van der Waals surface area contributed by atoms with E-state index in [0.29, 0.717) is 17.5 Å². The fraction of sp³-hybridized carbons (Fsp3) is 0. The topological polar surface area (TPSA) is 43.6 Å². The molecule has 0 aliphatic rings. The first-order valence-electron chi connectivity index (χ1n) is 17.5. The summed E-state index contributed by atoms with van der Waals surface area (Å²) < 4.78 is 5.07. The minimum Gasteiger partial charge on any atom is -0.309 e. The molecule has 5 heteroatoms. The Morgan fingerprint density at radius 3 is 1.60 bits per heavy atom. The van der Waals surface area contributed by atoms with Crippen molar-refractivity contribution in [3.63, 3.8) is 0 Å². The van der Waals surface area contributed by atoms with E-state index in [4.69, 9.17) is 15.0 Å². The molecule has 0 radical (unpaired) electrons. The van der Waals surface area contributed by atoms with Gasteiger partial charge in [0.25, 0.3) is 0 Å². The summed E-state index contributed by atoms with van der Waals surface area (Å²) in [5.41, 5.74) is 6.29. The van der Waals surface area contributed by atoms with E-state index in [2.05, 4.69) is 114 Å². The van der Waals surface area contributed by atoms with Crippen LogP contribution in [-0.4, -0.2) is 19.5 Å². The number of thiophene rings is 1. The molecule has 242 valence electrons. The lowest BCUT2D eigenvalue weighted by Gasteiger charge is -2.11. The molecule has 0 fully saturated rings. The van der Waals surface area contributed by atoms with Gasteiger partial charge in [-0.2, -0.15) is 0 Å². The second-order valence-corrected chi connectivity index (χ2v) is 14.2. The summed E-state index contributed by atoms with van der Waals surface area (Å²) in [7, 11) is 0. The highest BCUT2D eigenvalue weighted by Crippen LogP contribution is 2.44. The zero-order valence-electron chi connectivity index (χ0n) is 27.9. The lowest BCUT2D eigenvalue weighted by Crippen LogP contribution is -2.00. The molecule has 0 aliphatic carbocycles. The fourth-order valence-electron chi connectivity index (χ4n) is 7.85. The van der Waals surface area contributed by atoms with Gasteiger partial charge in [0.2, 0.25) is 0 Å². The second kappa shape index (κ2) is 11.4. The third-order valence-corrected chi connectivity index (χ3v) is 11.4. The van der Waals surface area contributed by atoms with Crippen molar-refractivity contribution in [3.05, 3.63) is 170 Å². The summed E-state index contributed by atoms with van der Waals surface area (Å²) in [6, 6.07) is 60.2. The molecular formula is C47H28N4S. The van der Waals surface area contributed by atoms with Crippen molar-refractivity contribution in [1.82, 2.24) is 19.5 Å². The number of rotatable bonds is 4. The Morgan fingerprint density at radius 1 is 0.365 bits per heavy atom. The molecule has 0 spiro atoms.